The molecule has 0 spiro atoms. The van der Waals surface area contributed by atoms with Crippen molar-refractivity contribution >= 4 is 0 Å². The smallest absolute Gasteiger partial charge is 0.124 e. The van der Waals surface area contributed by atoms with Crippen LogP contribution < -0.4 is 0 Å². The summed E-state index contributed by atoms with van der Waals surface area (Å²) < 4.78 is 18.2. The summed E-state index contributed by atoms with van der Waals surface area (Å²) in [6.45, 7) is 0.832. The number of ether oxygens (including phenoxy) is 3. The number of nitrogens with zero attached hydrogens (tertiary/aromatic N) is 1. The molecular formula is C29H32N2O5. The zero-order chi connectivity index (χ0) is 25.0. The third-order valence-electron chi connectivity index (χ3n) is 5.82. The molecule has 3 N–H and O–H groups in total. The number of aromatic amines is 1. The van der Waals surface area contributed by atoms with Crippen molar-refractivity contribution in [3.8, 4) is 0 Å². The van der Waals surface area contributed by atoms with Crippen LogP contribution in [-0.2, 0) is 34.0 Å². The maximum Gasteiger partial charge on any atom is 0.124 e. The Hall–Kier alpha value is -3.33. The summed E-state index contributed by atoms with van der Waals surface area (Å²) in [5, 5.41) is 22.5. The van der Waals surface area contributed by atoms with Crippen LogP contribution in [0.1, 0.15) is 28.5 Å². The van der Waals surface area contributed by atoms with E-state index in [9.17, 15) is 10.2 Å². The number of benzene rings is 3. The highest BCUT2D eigenvalue weighted by atomic mass is 16.6. The van der Waals surface area contributed by atoms with Gasteiger partial charge in [-0.1, -0.05) is 91.0 Å². The van der Waals surface area contributed by atoms with E-state index in [1.165, 1.54) is 12.5 Å². The number of hydrogen-bond acceptors (Lipinski definition) is 6. The Labute approximate surface area is 211 Å². The van der Waals surface area contributed by atoms with Gasteiger partial charge < -0.3 is 29.4 Å². The number of aliphatic hydroxyl groups excluding tert-OH is 2. The highest BCUT2D eigenvalue weighted by molar-refractivity contribution is 5.15. The monoisotopic (exact) mass is 488 g/mol. The van der Waals surface area contributed by atoms with Crippen LogP contribution in [0.3, 0.4) is 0 Å². The number of imidazole rings is 1. The normalized spacial score (nSPS) is 14.7. The third kappa shape index (κ3) is 7.58. The van der Waals surface area contributed by atoms with Crippen LogP contribution in [0.4, 0.5) is 0 Å². The molecule has 0 unspecified atom stereocenters. The van der Waals surface area contributed by atoms with Gasteiger partial charge in [0.2, 0.25) is 0 Å². The largest absolute Gasteiger partial charge is 0.388 e. The van der Waals surface area contributed by atoms with Gasteiger partial charge in [0.1, 0.15) is 24.4 Å². The summed E-state index contributed by atoms with van der Waals surface area (Å²) in [5.41, 5.74) is 3.35. The van der Waals surface area contributed by atoms with Crippen LogP contribution >= 0.6 is 0 Å². The first-order chi connectivity index (χ1) is 17.7. The Morgan fingerprint density at radius 3 is 1.67 bits per heavy atom. The van der Waals surface area contributed by atoms with E-state index < -0.39 is 24.4 Å². The second kappa shape index (κ2) is 13.7. The van der Waals surface area contributed by atoms with Gasteiger partial charge in [0.15, 0.2) is 0 Å². The fourth-order valence-corrected chi connectivity index (χ4v) is 3.90. The summed E-state index contributed by atoms with van der Waals surface area (Å²) in [4.78, 5) is 6.96. The average Bonchev–Trinajstić information content (AvgIpc) is 3.47. The molecule has 4 rings (SSSR count). The summed E-state index contributed by atoms with van der Waals surface area (Å²) in [7, 11) is 0. The van der Waals surface area contributed by atoms with Crippen molar-refractivity contribution in [3.63, 3.8) is 0 Å². The van der Waals surface area contributed by atoms with Crippen molar-refractivity contribution in [1.82, 2.24) is 9.97 Å². The van der Waals surface area contributed by atoms with Gasteiger partial charge in [0.25, 0.3) is 0 Å². The first-order valence-electron chi connectivity index (χ1n) is 12.0. The van der Waals surface area contributed by atoms with Crippen LogP contribution in [-0.4, -0.2) is 45.1 Å². The highest BCUT2D eigenvalue weighted by Crippen LogP contribution is 2.26. The molecule has 188 valence electrons. The molecule has 0 amide bonds. The maximum atomic E-state index is 11.2. The summed E-state index contributed by atoms with van der Waals surface area (Å²) in [6, 6.07) is 29.1. The first kappa shape index (κ1) is 25.8. The van der Waals surface area contributed by atoms with Gasteiger partial charge in [0, 0.05) is 0 Å². The lowest BCUT2D eigenvalue weighted by atomic mass is 10.0. The van der Waals surface area contributed by atoms with Gasteiger partial charge in [-0.05, 0) is 16.7 Å². The lowest BCUT2D eigenvalue weighted by Gasteiger charge is -2.33. The van der Waals surface area contributed by atoms with Crippen molar-refractivity contribution in [2.75, 3.05) is 6.61 Å². The molecule has 3 aromatic carbocycles. The second-order valence-electron chi connectivity index (χ2n) is 8.54. The van der Waals surface area contributed by atoms with Gasteiger partial charge in [-0.15, -0.1) is 0 Å². The standard InChI is InChI=1S/C29H32N2O5/c32-26(20-34-17-22-10-4-1-5-11-22)28(35-18-23-12-6-2-7-13-23)29(27(33)25-16-30-21-31-25)36-19-24-14-8-3-9-15-24/h1-16,21,26-29,32-33H,17-20H2,(H,30,31)/t26-,27-,28-,29+/m1/s1. The SMILES string of the molecule is O[C@H](COCc1ccccc1)[C@@H](OCc1ccccc1)[C@@H](OCc1ccccc1)[C@H](O)c1cnc[nH]1. The summed E-state index contributed by atoms with van der Waals surface area (Å²) >= 11 is 0. The molecule has 4 atom stereocenters. The zero-order valence-corrected chi connectivity index (χ0v) is 20.0. The van der Waals surface area contributed by atoms with Gasteiger partial charge in [0.05, 0.1) is 44.6 Å². The van der Waals surface area contributed by atoms with Crippen LogP contribution in [0, 0.1) is 0 Å². The number of hydrogen-bond donors (Lipinski definition) is 3. The van der Waals surface area contributed by atoms with E-state index >= 15 is 0 Å². The minimum absolute atomic E-state index is 0.00917. The molecule has 0 aliphatic rings. The quantitative estimate of drug-likeness (QED) is 0.246. The number of aromatic nitrogens is 2. The van der Waals surface area contributed by atoms with Gasteiger partial charge in [-0.25, -0.2) is 4.98 Å². The van der Waals surface area contributed by atoms with Gasteiger partial charge in [-0.2, -0.15) is 0 Å². The number of nitrogens with one attached hydrogen (secondary N) is 1. The van der Waals surface area contributed by atoms with Crippen LogP contribution in [0.25, 0.3) is 0 Å². The molecule has 0 aliphatic carbocycles. The third-order valence-corrected chi connectivity index (χ3v) is 5.82. The number of rotatable bonds is 14. The van der Waals surface area contributed by atoms with Crippen molar-refractivity contribution in [3.05, 3.63) is 126 Å². The molecule has 7 nitrogen and oxygen atoms in total. The summed E-state index contributed by atoms with van der Waals surface area (Å²) in [5.74, 6) is 0. The molecule has 0 aliphatic heterocycles. The Balaban J connectivity index is 1.52. The van der Waals surface area contributed by atoms with Crippen LogP contribution in [0.15, 0.2) is 104 Å². The first-order valence-corrected chi connectivity index (χ1v) is 12.0. The zero-order valence-electron chi connectivity index (χ0n) is 20.0. The van der Waals surface area contributed by atoms with Crippen LogP contribution in [0.2, 0.25) is 0 Å². The van der Waals surface area contributed by atoms with Crippen LogP contribution in [0.5, 0.6) is 0 Å². The Kier molecular flexibility index (Phi) is 9.78. The van der Waals surface area contributed by atoms with E-state index in [-0.39, 0.29) is 19.8 Å². The molecule has 4 aromatic rings. The van der Waals surface area contributed by atoms with Crippen molar-refractivity contribution in [2.24, 2.45) is 0 Å². The Bertz CT molecular complexity index is 1110. The van der Waals surface area contributed by atoms with Crippen molar-refractivity contribution in [2.45, 2.75) is 44.2 Å². The maximum absolute atomic E-state index is 11.2. The van der Waals surface area contributed by atoms with Crippen molar-refractivity contribution < 1.29 is 24.4 Å². The van der Waals surface area contributed by atoms with E-state index in [4.69, 9.17) is 14.2 Å². The topological polar surface area (TPSA) is 96.8 Å². The fourth-order valence-electron chi connectivity index (χ4n) is 3.90. The second-order valence-corrected chi connectivity index (χ2v) is 8.54. The van der Waals surface area contributed by atoms with E-state index in [1.54, 1.807) is 0 Å². The molecule has 1 aromatic heterocycles. The van der Waals surface area contributed by atoms with E-state index in [0.29, 0.717) is 12.3 Å². The molecular weight excluding hydrogens is 456 g/mol. The molecule has 0 radical (unpaired) electrons. The predicted molar refractivity (Wildman–Crippen MR) is 136 cm³/mol. The molecule has 7 heteroatoms. The minimum Gasteiger partial charge on any atom is -0.388 e. The molecule has 0 fully saturated rings. The molecule has 0 bridgehead atoms. The molecule has 36 heavy (non-hydrogen) atoms. The number of H-pyrrole nitrogens is 1. The lowest BCUT2D eigenvalue weighted by Crippen LogP contribution is -2.46. The minimum atomic E-state index is -1.11. The van der Waals surface area contributed by atoms with Gasteiger partial charge in [-0.3, -0.25) is 0 Å². The lowest BCUT2D eigenvalue weighted by molar-refractivity contribution is -0.177. The highest BCUT2D eigenvalue weighted by Gasteiger charge is 2.37. The van der Waals surface area contributed by atoms with Crippen molar-refractivity contribution in [1.29, 1.82) is 0 Å². The van der Waals surface area contributed by atoms with E-state index in [1.807, 2.05) is 91.0 Å². The van der Waals surface area contributed by atoms with E-state index in [0.717, 1.165) is 16.7 Å². The molecule has 0 saturated carbocycles. The average molecular weight is 489 g/mol. The predicted octanol–water partition coefficient (Wildman–Crippen LogP) is 4.19. The molecule has 0 saturated heterocycles. The fraction of sp³-hybridized carbons (Fsp3) is 0.276. The Morgan fingerprint density at radius 1 is 0.667 bits per heavy atom. The Morgan fingerprint density at radius 2 is 1.17 bits per heavy atom. The van der Waals surface area contributed by atoms with E-state index in [2.05, 4.69) is 9.97 Å². The summed E-state index contributed by atoms with van der Waals surface area (Å²) in [6.07, 6.45) is -0.925. The molecule has 1 heterocycles. The van der Waals surface area contributed by atoms with Gasteiger partial charge >= 0.3 is 0 Å². The number of aliphatic hydroxyl groups is 2.